The third kappa shape index (κ3) is 21.3. The lowest BCUT2D eigenvalue weighted by molar-refractivity contribution is -0.138. The van der Waals surface area contributed by atoms with Crippen LogP contribution in [0.2, 0.25) is 0 Å². The number of carbonyl (C=O) groups is 2. The van der Waals surface area contributed by atoms with Crippen LogP contribution in [0.15, 0.2) is 24.3 Å². The largest absolute Gasteiger partial charge is 0.504 e. The Morgan fingerprint density at radius 1 is 0.675 bits per heavy atom. The second-order valence-electron chi connectivity index (χ2n) is 11.0. The Hall–Kier alpha value is -2.50. The van der Waals surface area contributed by atoms with Crippen LogP contribution in [0.25, 0.3) is 6.08 Å². The Morgan fingerprint density at radius 2 is 1.10 bits per heavy atom. The first-order valence-electron chi connectivity index (χ1n) is 16.0. The molecular weight excluding hydrogens is 504 g/mol. The minimum absolute atomic E-state index is 0.0722. The number of methoxy groups -OCH3 is 1. The third-order valence-corrected chi connectivity index (χ3v) is 7.39. The second-order valence-corrected chi connectivity index (χ2v) is 11.0. The number of benzene rings is 1. The number of ether oxygens (including phenoxy) is 2. The van der Waals surface area contributed by atoms with Crippen molar-refractivity contribution in [1.29, 1.82) is 0 Å². The first-order chi connectivity index (χ1) is 19.5. The fourth-order valence-corrected chi connectivity index (χ4v) is 4.92. The molecule has 0 atom stereocenters. The summed E-state index contributed by atoms with van der Waals surface area (Å²) in [4.78, 5) is 22.3. The van der Waals surface area contributed by atoms with Gasteiger partial charge in [-0.05, 0) is 36.6 Å². The minimum atomic E-state index is -0.668. The average Bonchev–Trinajstić information content (AvgIpc) is 2.94. The highest BCUT2D eigenvalue weighted by molar-refractivity contribution is 5.87. The van der Waals surface area contributed by atoms with Crippen molar-refractivity contribution in [3.63, 3.8) is 0 Å². The maximum absolute atomic E-state index is 11.9. The van der Waals surface area contributed by atoms with Crippen LogP contribution in [0.4, 0.5) is 0 Å². The summed E-state index contributed by atoms with van der Waals surface area (Å²) < 4.78 is 10.3. The van der Waals surface area contributed by atoms with E-state index in [0.29, 0.717) is 18.8 Å². The van der Waals surface area contributed by atoms with Crippen molar-refractivity contribution in [2.24, 2.45) is 0 Å². The van der Waals surface area contributed by atoms with E-state index in [0.717, 1.165) is 31.2 Å². The van der Waals surface area contributed by atoms with Gasteiger partial charge in [-0.3, -0.25) is 4.79 Å². The number of carboxylic acid groups (broad SMARTS) is 1. The van der Waals surface area contributed by atoms with Crippen molar-refractivity contribution in [3.8, 4) is 11.5 Å². The number of aromatic hydroxyl groups is 1. The Morgan fingerprint density at radius 3 is 1.52 bits per heavy atom. The predicted octanol–water partition coefficient (Wildman–Crippen LogP) is 9.62. The van der Waals surface area contributed by atoms with Crippen molar-refractivity contribution in [3.05, 3.63) is 29.8 Å². The van der Waals surface area contributed by atoms with Gasteiger partial charge in [0.1, 0.15) is 0 Å². The zero-order chi connectivity index (χ0) is 29.1. The maximum atomic E-state index is 11.9. The average molecular weight is 561 g/mol. The number of phenolic OH excluding ortho intramolecular Hbond substituents is 1. The smallest absolute Gasteiger partial charge is 0.330 e. The SMILES string of the molecule is COc1cc(/C=C/C(=O)OCCCCCCCCCCCCCCCCCCCCCCCC(=O)O)ccc1O. The molecule has 228 valence electrons. The minimum Gasteiger partial charge on any atom is -0.504 e. The van der Waals surface area contributed by atoms with Gasteiger partial charge in [0.05, 0.1) is 13.7 Å². The molecule has 0 aliphatic carbocycles. The molecule has 0 aromatic heterocycles. The molecule has 0 spiro atoms. The molecule has 0 heterocycles. The van der Waals surface area contributed by atoms with Crippen molar-refractivity contribution >= 4 is 18.0 Å². The molecule has 1 rings (SSSR count). The van der Waals surface area contributed by atoms with Gasteiger partial charge in [-0.2, -0.15) is 0 Å². The summed E-state index contributed by atoms with van der Waals surface area (Å²) in [6.07, 6.45) is 29.8. The highest BCUT2D eigenvalue weighted by Crippen LogP contribution is 2.26. The Labute approximate surface area is 243 Å². The lowest BCUT2D eigenvalue weighted by Crippen LogP contribution is -2.02. The van der Waals surface area contributed by atoms with E-state index in [9.17, 15) is 14.7 Å². The van der Waals surface area contributed by atoms with Gasteiger partial charge in [0.15, 0.2) is 11.5 Å². The normalized spacial score (nSPS) is 11.2. The van der Waals surface area contributed by atoms with E-state index >= 15 is 0 Å². The van der Waals surface area contributed by atoms with Crippen LogP contribution < -0.4 is 4.74 Å². The molecule has 0 unspecified atom stereocenters. The van der Waals surface area contributed by atoms with Gasteiger partial charge in [-0.25, -0.2) is 4.79 Å². The Balaban J connectivity index is 1.78. The zero-order valence-electron chi connectivity index (χ0n) is 25.2. The second kappa shape index (κ2) is 25.5. The maximum Gasteiger partial charge on any atom is 0.330 e. The molecule has 0 aliphatic heterocycles. The van der Waals surface area contributed by atoms with Crippen molar-refractivity contribution in [1.82, 2.24) is 0 Å². The van der Waals surface area contributed by atoms with E-state index in [4.69, 9.17) is 14.6 Å². The molecular formula is C34H56O6. The van der Waals surface area contributed by atoms with Crippen LogP contribution in [0.1, 0.15) is 147 Å². The van der Waals surface area contributed by atoms with Gasteiger partial charge in [0.25, 0.3) is 0 Å². The van der Waals surface area contributed by atoms with E-state index in [1.54, 1.807) is 18.2 Å². The summed E-state index contributed by atoms with van der Waals surface area (Å²) in [6, 6.07) is 4.92. The van der Waals surface area contributed by atoms with Crippen LogP contribution in [-0.4, -0.2) is 35.9 Å². The van der Waals surface area contributed by atoms with E-state index in [1.807, 2.05) is 0 Å². The van der Waals surface area contributed by atoms with Crippen molar-refractivity contribution in [2.45, 2.75) is 141 Å². The van der Waals surface area contributed by atoms with Crippen molar-refractivity contribution in [2.75, 3.05) is 13.7 Å². The molecule has 0 saturated heterocycles. The number of esters is 1. The van der Waals surface area contributed by atoms with Crippen LogP contribution >= 0.6 is 0 Å². The predicted molar refractivity (Wildman–Crippen MR) is 164 cm³/mol. The fourth-order valence-electron chi connectivity index (χ4n) is 4.92. The summed E-state index contributed by atoms with van der Waals surface area (Å²) in [7, 11) is 1.49. The molecule has 0 saturated carbocycles. The molecule has 1 aromatic carbocycles. The fraction of sp³-hybridized carbons (Fsp3) is 0.706. The topological polar surface area (TPSA) is 93.1 Å². The molecule has 0 aliphatic rings. The molecule has 40 heavy (non-hydrogen) atoms. The Kier molecular flexibility index (Phi) is 22.6. The molecule has 0 bridgehead atoms. The van der Waals surface area contributed by atoms with Crippen molar-refractivity contribution < 1.29 is 29.3 Å². The first-order valence-corrected chi connectivity index (χ1v) is 16.0. The number of carboxylic acids is 1. The summed E-state index contributed by atoms with van der Waals surface area (Å²) >= 11 is 0. The molecule has 0 amide bonds. The molecule has 0 fully saturated rings. The molecule has 1 aromatic rings. The van der Waals surface area contributed by atoms with E-state index < -0.39 is 5.97 Å². The van der Waals surface area contributed by atoms with Gasteiger partial charge < -0.3 is 19.7 Å². The highest BCUT2D eigenvalue weighted by atomic mass is 16.5. The van der Waals surface area contributed by atoms with Crippen LogP contribution in [0, 0.1) is 0 Å². The van der Waals surface area contributed by atoms with Crippen LogP contribution in [0.3, 0.4) is 0 Å². The van der Waals surface area contributed by atoms with E-state index in [2.05, 4.69) is 0 Å². The Bertz CT molecular complexity index is 804. The van der Waals surface area contributed by atoms with Gasteiger partial charge >= 0.3 is 11.9 Å². The molecule has 6 heteroatoms. The van der Waals surface area contributed by atoms with Gasteiger partial charge in [0, 0.05) is 12.5 Å². The molecule has 2 N–H and O–H groups in total. The monoisotopic (exact) mass is 560 g/mol. The number of hydrogen-bond acceptors (Lipinski definition) is 5. The molecule has 0 radical (unpaired) electrons. The summed E-state index contributed by atoms with van der Waals surface area (Å²) in [5, 5.41) is 18.2. The first kappa shape index (κ1) is 35.5. The number of aliphatic carboxylic acids is 1. The lowest BCUT2D eigenvalue weighted by Gasteiger charge is -2.05. The number of hydrogen-bond donors (Lipinski definition) is 2. The number of phenols is 1. The van der Waals surface area contributed by atoms with Crippen LogP contribution in [-0.2, 0) is 14.3 Å². The highest BCUT2D eigenvalue weighted by Gasteiger charge is 2.02. The van der Waals surface area contributed by atoms with E-state index in [-0.39, 0.29) is 11.7 Å². The number of carbonyl (C=O) groups excluding carboxylic acids is 1. The standard InChI is InChI=1S/C34H56O6/c1-39-32-29-30(24-26-31(32)35)25-27-34(38)40-28-22-20-18-16-14-12-10-8-6-4-2-3-5-7-9-11-13-15-17-19-21-23-33(36)37/h24-27,29,35H,2-23,28H2,1H3,(H,36,37)/b27-25+. The van der Waals surface area contributed by atoms with Gasteiger partial charge in [-0.15, -0.1) is 0 Å². The summed E-state index contributed by atoms with van der Waals surface area (Å²) in [5.74, 6) is -0.566. The third-order valence-electron chi connectivity index (χ3n) is 7.39. The van der Waals surface area contributed by atoms with E-state index in [1.165, 1.54) is 128 Å². The van der Waals surface area contributed by atoms with Gasteiger partial charge in [0.2, 0.25) is 0 Å². The quantitative estimate of drug-likeness (QED) is 0.0632. The number of unbranched alkanes of at least 4 members (excludes halogenated alkanes) is 20. The number of rotatable bonds is 27. The molecule has 6 nitrogen and oxygen atoms in total. The summed E-state index contributed by atoms with van der Waals surface area (Å²) in [6.45, 7) is 0.458. The van der Waals surface area contributed by atoms with Crippen LogP contribution in [0.5, 0.6) is 11.5 Å². The zero-order valence-corrected chi connectivity index (χ0v) is 25.2. The summed E-state index contributed by atoms with van der Waals surface area (Å²) in [5.41, 5.74) is 0.768. The van der Waals surface area contributed by atoms with Gasteiger partial charge in [-0.1, -0.05) is 128 Å². The lowest BCUT2D eigenvalue weighted by atomic mass is 10.0.